The fraction of sp³-hybridized carbons (Fsp3) is 0.444. The van der Waals surface area contributed by atoms with Crippen molar-refractivity contribution in [1.82, 2.24) is 4.90 Å². The molecule has 2 aliphatic rings. The second kappa shape index (κ2) is 3.83. The van der Waals surface area contributed by atoms with E-state index in [1.807, 2.05) is 6.20 Å². The summed E-state index contributed by atoms with van der Waals surface area (Å²) in [7, 11) is 0. The Labute approximate surface area is 92.9 Å². The van der Waals surface area contributed by atoms with Gasteiger partial charge in [0.1, 0.15) is 0 Å². The van der Waals surface area contributed by atoms with Crippen LogP contribution in [0.2, 0.25) is 0 Å². The molecule has 76 valence electrons. The maximum atomic E-state index is 6.03. The van der Waals surface area contributed by atoms with Crippen LogP contribution in [0.25, 0.3) is 0 Å². The number of hydrogen-bond donors (Lipinski definition) is 1. The minimum absolute atomic E-state index is 0.0341. The topological polar surface area (TPSA) is 41.6 Å². The van der Waals surface area contributed by atoms with Gasteiger partial charge in [0.2, 0.25) is 0 Å². The first-order valence-corrected chi connectivity index (χ1v) is 5.23. The van der Waals surface area contributed by atoms with Crippen molar-refractivity contribution in [2.75, 3.05) is 6.54 Å². The number of nitrogens with zero attached hydrogens (tertiary/aromatic N) is 2. The van der Waals surface area contributed by atoms with Gasteiger partial charge >= 0.3 is 0 Å². The maximum Gasteiger partial charge on any atom is 0.193 e. The van der Waals surface area contributed by atoms with Crippen LogP contribution < -0.4 is 5.73 Å². The van der Waals surface area contributed by atoms with Crippen molar-refractivity contribution in [3.05, 3.63) is 23.0 Å². The molecule has 5 heteroatoms. The van der Waals surface area contributed by atoms with E-state index in [1.165, 1.54) is 12.8 Å². The van der Waals surface area contributed by atoms with Gasteiger partial charge in [-0.2, -0.15) is 0 Å². The van der Waals surface area contributed by atoms with Crippen LogP contribution in [0.1, 0.15) is 12.8 Å². The summed E-state index contributed by atoms with van der Waals surface area (Å²) in [4.78, 5) is 6.05. The molecule has 0 aromatic carbocycles. The second-order valence-electron chi connectivity index (χ2n) is 3.49. The third-order valence-corrected chi connectivity index (χ3v) is 2.74. The van der Waals surface area contributed by atoms with Gasteiger partial charge < -0.3 is 10.6 Å². The minimum Gasteiger partial charge on any atom is -0.374 e. The zero-order valence-corrected chi connectivity index (χ0v) is 9.09. The Hall–Kier alpha value is -0.670. The maximum absolute atomic E-state index is 6.03. The highest BCUT2D eigenvalue weighted by Gasteiger charge is 2.31. The number of aliphatic imine (C=N–C) groups is 1. The Morgan fingerprint density at radius 1 is 1.64 bits per heavy atom. The number of hydrogen-bond acceptors (Lipinski definition) is 2. The molecular weight excluding hydrogens is 221 g/mol. The molecule has 0 spiro atoms. The summed E-state index contributed by atoms with van der Waals surface area (Å²) in [5, 5.41) is 0.769. The fourth-order valence-corrected chi connectivity index (χ4v) is 1.71. The van der Waals surface area contributed by atoms with Crippen molar-refractivity contribution in [3.63, 3.8) is 0 Å². The number of amidine groups is 1. The number of nitrogens with two attached hydrogens (primary N) is 1. The van der Waals surface area contributed by atoms with Gasteiger partial charge in [0.05, 0.1) is 5.03 Å². The first-order chi connectivity index (χ1) is 6.66. The Balaban J connectivity index is 2.06. The lowest BCUT2D eigenvalue weighted by atomic mass is 10.3. The van der Waals surface area contributed by atoms with Crippen LogP contribution in [0.4, 0.5) is 0 Å². The van der Waals surface area contributed by atoms with Gasteiger partial charge in [0.15, 0.2) is 5.29 Å². The molecule has 0 aromatic heterocycles. The summed E-state index contributed by atoms with van der Waals surface area (Å²) >= 11 is 11.4. The molecule has 14 heavy (non-hydrogen) atoms. The SMILES string of the molecule is NC(Cl)=N/C=C1\CN(C2CC2)C=C1Cl. The van der Waals surface area contributed by atoms with E-state index in [2.05, 4.69) is 9.89 Å². The molecule has 2 N–H and O–H groups in total. The van der Waals surface area contributed by atoms with Crippen LogP contribution in [0, 0.1) is 0 Å². The molecular formula is C9H11Cl2N3. The van der Waals surface area contributed by atoms with Gasteiger partial charge in [-0.25, -0.2) is 4.99 Å². The van der Waals surface area contributed by atoms with E-state index in [-0.39, 0.29) is 5.29 Å². The molecule has 1 fully saturated rings. The van der Waals surface area contributed by atoms with Crippen molar-refractivity contribution >= 4 is 28.5 Å². The highest BCUT2D eigenvalue weighted by molar-refractivity contribution is 6.64. The Kier molecular flexibility index (Phi) is 2.70. The van der Waals surface area contributed by atoms with E-state index in [0.717, 1.165) is 17.2 Å². The lowest BCUT2D eigenvalue weighted by molar-refractivity contribution is 0.415. The van der Waals surface area contributed by atoms with Crippen LogP contribution in [0.3, 0.4) is 0 Å². The summed E-state index contributed by atoms with van der Waals surface area (Å²) in [6.45, 7) is 0.817. The molecule has 2 rings (SSSR count). The Morgan fingerprint density at radius 2 is 2.36 bits per heavy atom. The average Bonchev–Trinajstić information content (AvgIpc) is 2.88. The Bertz CT molecular complexity index is 325. The van der Waals surface area contributed by atoms with Gasteiger partial charge in [-0.15, -0.1) is 0 Å². The summed E-state index contributed by atoms with van der Waals surface area (Å²) in [5.74, 6) is 0. The quantitative estimate of drug-likeness (QED) is 0.449. The predicted octanol–water partition coefficient (Wildman–Crippen LogP) is 1.98. The second-order valence-corrected chi connectivity index (χ2v) is 4.28. The van der Waals surface area contributed by atoms with Crippen LogP contribution in [-0.2, 0) is 0 Å². The van der Waals surface area contributed by atoms with E-state index in [4.69, 9.17) is 28.9 Å². The highest BCUT2D eigenvalue weighted by Crippen LogP contribution is 2.34. The Morgan fingerprint density at radius 3 is 2.93 bits per heavy atom. The summed E-state index contributed by atoms with van der Waals surface area (Å²) in [5.41, 5.74) is 6.19. The predicted molar refractivity (Wildman–Crippen MR) is 59.2 cm³/mol. The van der Waals surface area contributed by atoms with Gasteiger partial charge in [-0.1, -0.05) is 11.6 Å². The lowest BCUT2D eigenvalue weighted by Crippen LogP contribution is -2.17. The molecule has 0 bridgehead atoms. The van der Waals surface area contributed by atoms with Gasteiger partial charge in [-0.05, 0) is 24.4 Å². The van der Waals surface area contributed by atoms with Crippen LogP contribution in [0.15, 0.2) is 28.0 Å². The van der Waals surface area contributed by atoms with E-state index in [9.17, 15) is 0 Å². The zero-order chi connectivity index (χ0) is 10.1. The molecule has 0 unspecified atom stereocenters. The molecule has 0 radical (unpaired) electrons. The minimum atomic E-state index is 0.0341. The van der Waals surface area contributed by atoms with Crippen molar-refractivity contribution < 1.29 is 0 Å². The first kappa shape index (κ1) is 9.87. The van der Waals surface area contributed by atoms with E-state index >= 15 is 0 Å². The molecule has 0 saturated heterocycles. The largest absolute Gasteiger partial charge is 0.374 e. The highest BCUT2D eigenvalue weighted by atomic mass is 35.5. The van der Waals surface area contributed by atoms with Crippen LogP contribution >= 0.6 is 23.2 Å². The van der Waals surface area contributed by atoms with Gasteiger partial charge in [0.25, 0.3) is 0 Å². The summed E-state index contributed by atoms with van der Waals surface area (Å²) in [6.07, 6.45) is 6.11. The molecule has 0 aromatic rings. The van der Waals surface area contributed by atoms with Crippen molar-refractivity contribution in [2.45, 2.75) is 18.9 Å². The monoisotopic (exact) mass is 231 g/mol. The van der Waals surface area contributed by atoms with Crippen molar-refractivity contribution in [3.8, 4) is 0 Å². The van der Waals surface area contributed by atoms with Crippen molar-refractivity contribution in [1.29, 1.82) is 0 Å². The standard InChI is InChI=1S/C9H11Cl2N3/c10-8-5-14(7-1-2-7)4-6(8)3-13-9(11)12/h3,5,7H,1-2,4H2,(H2,12,13)/b6-3+. The van der Waals surface area contributed by atoms with E-state index < -0.39 is 0 Å². The van der Waals surface area contributed by atoms with Gasteiger partial charge in [0, 0.05) is 30.6 Å². The first-order valence-electron chi connectivity index (χ1n) is 4.48. The average molecular weight is 232 g/mol. The third-order valence-electron chi connectivity index (χ3n) is 2.30. The molecule has 3 nitrogen and oxygen atoms in total. The van der Waals surface area contributed by atoms with E-state index in [1.54, 1.807) is 6.20 Å². The number of rotatable bonds is 2. The zero-order valence-electron chi connectivity index (χ0n) is 7.58. The van der Waals surface area contributed by atoms with Crippen LogP contribution in [0.5, 0.6) is 0 Å². The smallest absolute Gasteiger partial charge is 0.193 e. The summed E-state index contributed by atoms with van der Waals surface area (Å²) < 4.78 is 0. The van der Waals surface area contributed by atoms with E-state index in [0.29, 0.717) is 6.04 Å². The van der Waals surface area contributed by atoms with Gasteiger partial charge in [-0.3, -0.25) is 0 Å². The molecule has 0 atom stereocenters. The van der Waals surface area contributed by atoms with Crippen LogP contribution in [-0.4, -0.2) is 22.8 Å². The third kappa shape index (κ3) is 2.22. The molecule has 1 aliphatic heterocycles. The molecule has 0 amide bonds. The lowest BCUT2D eigenvalue weighted by Gasteiger charge is -2.12. The van der Waals surface area contributed by atoms with Crippen molar-refractivity contribution in [2.24, 2.45) is 10.7 Å². The number of halogens is 2. The fourth-order valence-electron chi connectivity index (χ4n) is 1.43. The molecule has 1 aliphatic carbocycles. The molecule has 1 saturated carbocycles. The molecule has 1 heterocycles. The normalized spacial score (nSPS) is 25.9. The summed E-state index contributed by atoms with van der Waals surface area (Å²) in [6, 6.07) is 0.673.